The van der Waals surface area contributed by atoms with Crippen molar-refractivity contribution in [3.05, 3.63) is 30.1 Å². The Morgan fingerprint density at radius 1 is 1.42 bits per heavy atom. The standard InChI is InChI=1S/C14H19N3O2/c1-3-10(2)13-14(19)16-8-12(18)17(13)9-11-4-6-15-7-5-11/h4-7,10,13H,3,8-9H2,1-2H3,(H,16,19). The first-order valence-corrected chi connectivity index (χ1v) is 6.59. The monoisotopic (exact) mass is 261 g/mol. The van der Waals surface area contributed by atoms with Gasteiger partial charge in [0, 0.05) is 18.9 Å². The highest BCUT2D eigenvalue weighted by molar-refractivity contribution is 5.94. The fraction of sp³-hybridized carbons (Fsp3) is 0.500. The molecule has 1 N–H and O–H groups in total. The maximum Gasteiger partial charge on any atom is 0.243 e. The van der Waals surface area contributed by atoms with Gasteiger partial charge in [0.1, 0.15) is 6.04 Å². The van der Waals surface area contributed by atoms with E-state index in [2.05, 4.69) is 10.3 Å². The third-order valence-electron chi connectivity index (χ3n) is 3.62. The van der Waals surface area contributed by atoms with E-state index in [0.717, 1.165) is 12.0 Å². The molecule has 1 aliphatic heterocycles. The molecule has 0 radical (unpaired) electrons. The van der Waals surface area contributed by atoms with Crippen molar-refractivity contribution in [3.63, 3.8) is 0 Å². The zero-order valence-corrected chi connectivity index (χ0v) is 11.3. The molecule has 1 aromatic rings. The average molecular weight is 261 g/mol. The summed E-state index contributed by atoms with van der Waals surface area (Å²) in [5, 5.41) is 2.67. The van der Waals surface area contributed by atoms with Gasteiger partial charge in [0.2, 0.25) is 11.8 Å². The number of pyridine rings is 1. The number of nitrogens with zero attached hydrogens (tertiary/aromatic N) is 2. The molecule has 0 spiro atoms. The highest BCUT2D eigenvalue weighted by Crippen LogP contribution is 2.20. The quantitative estimate of drug-likeness (QED) is 0.878. The highest BCUT2D eigenvalue weighted by Gasteiger charge is 2.37. The molecule has 5 nitrogen and oxygen atoms in total. The molecule has 1 aliphatic rings. The summed E-state index contributed by atoms with van der Waals surface area (Å²) in [6.07, 6.45) is 4.25. The summed E-state index contributed by atoms with van der Waals surface area (Å²) in [6.45, 7) is 4.59. The number of aromatic nitrogens is 1. The molecule has 1 fully saturated rings. The zero-order chi connectivity index (χ0) is 13.8. The van der Waals surface area contributed by atoms with E-state index in [9.17, 15) is 9.59 Å². The van der Waals surface area contributed by atoms with E-state index in [1.807, 2.05) is 26.0 Å². The average Bonchev–Trinajstić information content (AvgIpc) is 2.43. The molecular formula is C14H19N3O2. The first-order valence-electron chi connectivity index (χ1n) is 6.59. The van der Waals surface area contributed by atoms with Crippen LogP contribution in [-0.2, 0) is 16.1 Å². The van der Waals surface area contributed by atoms with Crippen LogP contribution in [-0.4, -0.2) is 34.3 Å². The van der Waals surface area contributed by atoms with Crippen molar-refractivity contribution in [2.24, 2.45) is 5.92 Å². The summed E-state index contributed by atoms with van der Waals surface area (Å²) < 4.78 is 0. The first kappa shape index (κ1) is 13.5. The number of rotatable bonds is 4. The van der Waals surface area contributed by atoms with Gasteiger partial charge in [-0.05, 0) is 23.6 Å². The fourth-order valence-electron chi connectivity index (χ4n) is 2.33. The highest BCUT2D eigenvalue weighted by atomic mass is 16.2. The molecule has 0 aromatic carbocycles. The van der Waals surface area contributed by atoms with Gasteiger partial charge in [-0.15, -0.1) is 0 Å². The van der Waals surface area contributed by atoms with Crippen molar-refractivity contribution in [2.45, 2.75) is 32.9 Å². The van der Waals surface area contributed by atoms with Gasteiger partial charge in [0.15, 0.2) is 0 Å². The van der Waals surface area contributed by atoms with E-state index in [1.54, 1.807) is 17.3 Å². The van der Waals surface area contributed by atoms with E-state index in [-0.39, 0.29) is 30.3 Å². The predicted octanol–water partition coefficient (Wildman–Crippen LogP) is 0.955. The van der Waals surface area contributed by atoms with Crippen LogP contribution >= 0.6 is 0 Å². The van der Waals surface area contributed by atoms with Gasteiger partial charge >= 0.3 is 0 Å². The Balaban J connectivity index is 2.22. The lowest BCUT2D eigenvalue weighted by Gasteiger charge is -2.38. The van der Waals surface area contributed by atoms with Crippen LogP contribution in [0, 0.1) is 5.92 Å². The summed E-state index contributed by atoms with van der Waals surface area (Å²) in [7, 11) is 0. The summed E-state index contributed by atoms with van der Waals surface area (Å²) in [5.74, 6) is 0.0656. The van der Waals surface area contributed by atoms with Gasteiger partial charge < -0.3 is 10.2 Å². The summed E-state index contributed by atoms with van der Waals surface area (Å²) in [4.78, 5) is 29.7. The number of piperazine rings is 1. The normalized spacial score (nSPS) is 21.2. The molecule has 1 aromatic heterocycles. The molecule has 5 heteroatoms. The van der Waals surface area contributed by atoms with Crippen LogP contribution < -0.4 is 5.32 Å². The van der Waals surface area contributed by atoms with Crippen molar-refractivity contribution in [1.29, 1.82) is 0 Å². The minimum Gasteiger partial charge on any atom is -0.345 e. The number of nitrogens with one attached hydrogen (secondary N) is 1. The summed E-state index contributed by atoms with van der Waals surface area (Å²) in [6, 6.07) is 3.36. The minimum atomic E-state index is -0.376. The van der Waals surface area contributed by atoms with E-state index in [1.165, 1.54) is 0 Å². The molecule has 2 amide bonds. The molecular weight excluding hydrogens is 242 g/mol. The van der Waals surface area contributed by atoms with Crippen molar-refractivity contribution in [1.82, 2.24) is 15.2 Å². The summed E-state index contributed by atoms with van der Waals surface area (Å²) >= 11 is 0. The number of amides is 2. The number of hydrogen-bond donors (Lipinski definition) is 1. The number of carbonyl (C=O) groups is 2. The van der Waals surface area contributed by atoms with Gasteiger partial charge in [-0.3, -0.25) is 14.6 Å². The molecule has 2 unspecified atom stereocenters. The molecule has 0 bridgehead atoms. The van der Waals surface area contributed by atoms with Gasteiger partial charge in [-0.25, -0.2) is 0 Å². The van der Waals surface area contributed by atoms with Crippen LogP contribution in [0.2, 0.25) is 0 Å². The molecule has 2 rings (SSSR count). The Kier molecular flexibility index (Phi) is 4.14. The molecule has 0 saturated carbocycles. The third kappa shape index (κ3) is 2.92. The lowest BCUT2D eigenvalue weighted by Crippen LogP contribution is -2.60. The van der Waals surface area contributed by atoms with E-state index >= 15 is 0 Å². The van der Waals surface area contributed by atoms with Crippen LogP contribution in [0.3, 0.4) is 0 Å². The minimum absolute atomic E-state index is 0.0262. The van der Waals surface area contributed by atoms with Crippen molar-refractivity contribution < 1.29 is 9.59 Å². The molecule has 0 aliphatic carbocycles. The van der Waals surface area contributed by atoms with E-state index in [0.29, 0.717) is 6.54 Å². The van der Waals surface area contributed by atoms with Gasteiger partial charge in [0.25, 0.3) is 0 Å². The maximum atomic E-state index is 12.1. The predicted molar refractivity (Wildman–Crippen MR) is 71.0 cm³/mol. The smallest absolute Gasteiger partial charge is 0.243 e. The fourth-order valence-corrected chi connectivity index (χ4v) is 2.33. The molecule has 1 saturated heterocycles. The zero-order valence-electron chi connectivity index (χ0n) is 11.3. The van der Waals surface area contributed by atoms with Gasteiger partial charge in [-0.2, -0.15) is 0 Å². The second kappa shape index (κ2) is 5.82. The van der Waals surface area contributed by atoms with Crippen LogP contribution in [0.1, 0.15) is 25.8 Å². The maximum absolute atomic E-state index is 12.1. The van der Waals surface area contributed by atoms with Crippen molar-refractivity contribution >= 4 is 11.8 Å². The van der Waals surface area contributed by atoms with Crippen molar-refractivity contribution in [2.75, 3.05) is 6.54 Å². The van der Waals surface area contributed by atoms with Crippen LogP contribution in [0.4, 0.5) is 0 Å². The van der Waals surface area contributed by atoms with E-state index < -0.39 is 0 Å². The van der Waals surface area contributed by atoms with E-state index in [4.69, 9.17) is 0 Å². The number of hydrogen-bond acceptors (Lipinski definition) is 3. The Bertz CT molecular complexity index is 461. The summed E-state index contributed by atoms with van der Waals surface area (Å²) in [5.41, 5.74) is 0.992. The second-order valence-electron chi connectivity index (χ2n) is 4.93. The molecule has 2 atom stereocenters. The van der Waals surface area contributed by atoms with Crippen molar-refractivity contribution in [3.8, 4) is 0 Å². The topological polar surface area (TPSA) is 62.3 Å². The Labute approximate surface area is 113 Å². The number of carbonyl (C=O) groups excluding carboxylic acids is 2. The lowest BCUT2D eigenvalue weighted by atomic mass is 9.94. The Morgan fingerprint density at radius 3 is 2.74 bits per heavy atom. The van der Waals surface area contributed by atoms with Gasteiger partial charge in [0.05, 0.1) is 6.54 Å². The third-order valence-corrected chi connectivity index (χ3v) is 3.62. The van der Waals surface area contributed by atoms with Crippen LogP contribution in [0.5, 0.6) is 0 Å². The SMILES string of the molecule is CCC(C)C1C(=O)NCC(=O)N1Cc1ccncc1. The Hall–Kier alpha value is -1.91. The first-order chi connectivity index (χ1) is 9.13. The van der Waals surface area contributed by atoms with Crippen LogP contribution in [0.25, 0.3) is 0 Å². The molecule has 19 heavy (non-hydrogen) atoms. The van der Waals surface area contributed by atoms with Gasteiger partial charge in [-0.1, -0.05) is 20.3 Å². The largest absolute Gasteiger partial charge is 0.345 e. The second-order valence-corrected chi connectivity index (χ2v) is 4.93. The molecule has 102 valence electrons. The van der Waals surface area contributed by atoms with Crippen LogP contribution in [0.15, 0.2) is 24.5 Å². The lowest BCUT2D eigenvalue weighted by molar-refractivity contribution is -0.148. The molecule has 2 heterocycles. The Morgan fingerprint density at radius 2 is 2.11 bits per heavy atom.